The van der Waals surface area contributed by atoms with Gasteiger partial charge in [0.1, 0.15) is 18.7 Å². The van der Waals surface area contributed by atoms with Crippen LogP contribution in [0.15, 0.2) is 48.5 Å². The number of fused-ring (bicyclic) bond motifs is 3. The van der Waals surface area contributed by atoms with Crippen LogP contribution in [0.5, 0.6) is 0 Å². The Bertz CT molecular complexity index is 907. The van der Waals surface area contributed by atoms with Crippen LogP contribution in [0, 0.1) is 0 Å². The Kier molecular flexibility index (Phi) is 6.40. The van der Waals surface area contributed by atoms with Crippen LogP contribution < -0.4 is 10.6 Å². The molecule has 1 aliphatic carbocycles. The SMILES string of the molecule is CCC(CC)(NC(=O)CNC(=O)OCC1c2ccccc2-c2ccccc21)C(=O)O. The first-order valence-corrected chi connectivity index (χ1v) is 10.0. The molecule has 0 aliphatic heterocycles. The van der Waals surface area contributed by atoms with Gasteiger partial charge in [0.05, 0.1) is 0 Å². The molecule has 2 aromatic carbocycles. The summed E-state index contributed by atoms with van der Waals surface area (Å²) >= 11 is 0. The molecular weight excluding hydrogens is 384 g/mol. The van der Waals surface area contributed by atoms with Crippen molar-refractivity contribution in [1.82, 2.24) is 10.6 Å². The van der Waals surface area contributed by atoms with Crippen LogP contribution in [0.3, 0.4) is 0 Å². The molecule has 3 N–H and O–H groups in total. The molecule has 2 aromatic rings. The van der Waals surface area contributed by atoms with Crippen molar-refractivity contribution in [1.29, 1.82) is 0 Å². The summed E-state index contributed by atoms with van der Waals surface area (Å²) in [5.74, 6) is -1.74. The number of carbonyl (C=O) groups is 3. The third kappa shape index (κ3) is 4.15. The van der Waals surface area contributed by atoms with E-state index in [-0.39, 0.29) is 31.9 Å². The van der Waals surface area contributed by atoms with E-state index in [0.717, 1.165) is 22.3 Å². The zero-order chi connectivity index (χ0) is 21.7. The number of carboxylic acids is 1. The van der Waals surface area contributed by atoms with Crippen LogP contribution in [-0.2, 0) is 14.3 Å². The van der Waals surface area contributed by atoms with E-state index < -0.39 is 23.5 Å². The number of rotatable bonds is 8. The maximum atomic E-state index is 12.1. The molecule has 7 heteroatoms. The number of amides is 2. The zero-order valence-electron chi connectivity index (χ0n) is 17.1. The van der Waals surface area contributed by atoms with Gasteiger partial charge in [0.15, 0.2) is 0 Å². The highest BCUT2D eigenvalue weighted by molar-refractivity contribution is 5.89. The average molecular weight is 410 g/mol. The molecule has 0 bridgehead atoms. The van der Waals surface area contributed by atoms with Gasteiger partial charge in [-0.05, 0) is 35.1 Å². The predicted octanol–water partition coefficient (Wildman–Crippen LogP) is 3.28. The molecule has 158 valence electrons. The summed E-state index contributed by atoms with van der Waals surface area (Å²) in [5.41, 5.74) is 3.12. The van der Waals surface area contributed by atoms with Crippen molar-refractivity contribution in [3.8, 4) is 11.1 Å². The van der Waals surface area contributed by atoms with E-state index in [1.165, 1.54) is 0 Å². The van der Waals surface area contributed by atoms with Gasteiger partial charge in [-0.25, -0.2) is 9.59 Å². The first kappa shape index (κ1) is 21.4. The Balaban J connectivity index is 1.57. The summed E-state index contributed by atoms with van der Waals surface area (Å²) in [6.45, 7) is 3.17. The molecule has 0 radical (unpaired) electrons. The monoisotopic (exact) mass is 410 g/mol. The van der Waals surface area contributed by atoms with Gasteiger partial charge in [-0.2, -0.15) is 0 Å². The number of hydrogen-bond donors (Lipinski definition) is 3. The van der Waals surface area contributed by atoms with Crippen molar-refractivity contribution in [2.24, 2.45) is 0 Å². The lowest BCUT2D eigenvalue weighted by Gasteiger charge is -2.28. The molecule has 30 heavy (non-hydrogen) atoms. The van der Waals surface area contributed by atoms with Gasteiger partial charge in [0.2, 0.25) is 5.91 Å². The summed E-state index contributed by atoms with van der Waals surface area (Å²) in [4.78, 5) is 35.7. The first-order chi connectivity index (χ1) is 14.4. The van der Waals surface area contributed by atoms with Crippen molar-refractivity contribution in [3.05, 3.63) is 59.7 Å². The second-order valence-corrected chi connectivity index (χ2v) is 7.32. The maximum Gasteiger partial charge on any atom is 0.407 e. The largest absolute Gasteiger partial charge is 0.480 e. The van der Waals surface area contributed by atoms with E-state index in [1.54, 1.807) is 13.8 Å². The molecule has 2 amide bonds. The summed E-state index contributed by atoms with van der Waals surface area (Å²) in [5, 5.41) is 14.3. The van der Waals surface area contributed by atoms with Crippen LogP contribution >= 0.6 is 0 Å². The third-order valence-electron chi connectivity index (χ3n) is 5.73. The molecule has 7 nitrogen and oxygen atoms in total. The van der Waals surface area contributed by atoms with Crippen molar-refractivity contribution in [3.63, 3.8) is 0 Å². The summed E-state index contributed by atoms with van der Waals surface area (Å²) in [6.07, 6.45) is -0.230. The third-order valence-corrected chi connectivity index (χ3v) is 5.73. The lowest BCUT2D eigenvalue weighted by molar-refractivity contribution is -0.147. The van der Waals surface area contributed by atoms with Gasteiger partial charge in [0.25, 0.3) is 0 Å². The summed E-state index contributed by atoms with van der Waals surface area (Å²) in [7, 11) is 0. The standard InChI is InChI=1S/C23H26N2O5/c1-3-23(4-2,21(27)28)25-20(26)13-24-22(29)30-14-19-17-11-7-5-9-15(17)16-10-6-8-12-18(16)19/h5-12,19H,3-4,13-14H2,1-2H3,(H,24,29)(H,25,26)(H,27,28). The second kappa shape index (κ2) is 8.98. The summed E-state index contributed by atoms with van der Waals surface area (Å²) < 4.78 is 5.37. The molecule has 0 aromatic heterocycles. The lowest BCUT2D eigenvalue weighted by atomic mass is 9.93. The maximum absolute atomic E-state index is 12.1. The normalized spacial score (nSPS) is 12.6. The number of nitrogens with one attached hydrogen (secondary N) is 2. The lowest BCUT2D eigenvalue weighted by Crippen LogP contribution is -2.55. The molecule has 0 spiro atoms. The number of hydrogen-bond acceptors (Lipinski definition) is 4. The molecular formula is C23H26N2O5. The Hall–Kier alpha value is -3.35. The molecule has 0 saturated heterocycles. The van der Waals surface area contributed by atoms with Crippen LogP contribution in [0.2, 0.25) is 0 Å². The van der Waals surface area contributed by atoms with E-state index in [2.05, 4.69) is 22.8 Å². The van der Waals surface area contributed by atoms with Crippen molar-refractivity contribution in [2.75, 3.05) is 13.2 Å². The quantitative estimate of drug-likeness (QED) is 0.619. The Morgan fingerprint density at radius 1 is 0.967 bits per heavy atom. The van der Waals surface area contributed by atoms with Gasteiger partial charge >= 0.3 is 12.1 Å². The van der Waals surface area contributed by atoms with Crippen molar-refractivity contribution in [2.45, 2.75) is 38.1 Å². The molecule has 0 heterocycles. The zero-order valence-corrected chi connectivity index (χ0v) is 17.1. The predicted molar refractivity (Wildman–Crippen MR) is 112 cm³/mol. The van der Waals surface area contributed by atoms with Crippen molar-refractivity contribution >= 4 is 18.0 Å². The van der Waals surface area contributed by atoms with Gasteiger partial charge < -0.3 is 20.5 Å². The van der Waals surface area contributed by atoms with Gasteiger partial charge in [-0.3, -0.25) is 4.79 Å². The number of ether oxygens (including phenoxy) is 1. The highest BCUT2D eigenvalue weighted by atomic mass is 16.5. The van der Waals surface area contributed by atoms with E-state index >= 15 is 0 Å². The smallest absolute Gasteiger partial charge is 0.407 e. The summed E-state index contributed by atoms with van der Waals surface area (Å²) in [6, 6.07) is 16.0. The Labute approximate surface area is 175 Å². The van der Waals surface area contributed by atoms with Gasteiger partial charge in [-0.15, -0.1) is 0 Å². The minimum Gasteiger partial charge on any atom is -0.480 e. The van der Waals surface area contributed by atoms with Gasteiger partial charge in [-0.1, -0.05) is 62.4 Å². The van der Waals surface area contributed by atoms with Gasteiger partial charge in [0, 0.05) is 5.92 Å². The number of alkyl carbamates (subject to hydrolysis) is 1. The first-order valence-electron chi connectivity index (χ1n) is 10.0. The van der Waals surface area contributed by atoms with E-state index in [9.17, 15) is 19.5 Å². The van der Waals surface area contributed by atoms with Crippen LogP contribution in [0.25, 0.3) is 11.1 Å². The van der Waals surface area contributed by atoms with Crippen LogP contribution in [0.1, 0.15) is 43.7 Å². The number of carboxylic acid groups (broad SMARTS) is 1. The minimum absolute atomic E-state index is 0.0724. The highest BCUT2D eigenvalue weighted by Crippen LogP contribution is 2.44. The number of carbonyl (C=O) groups excluding carboxylic acids is 2. The topological polar surface area (TPSA) is 105 Å². The highest BCUT2D eigenvalue weighted by Gasteiger charge is 2.36. The average Bonchev–Trinajstić information content (AvgIpc) is 3.08. The minimum atomic E-state index is -1.33. The number of aliphatic carboxylic acids is 1. The number of benzene rings is 2. The van der Waals surface area contributed by atoms with E-state index in [1.807, 2.05) is 36.4 Å². The fraction of sp³-hybridized carbons (Fsp3) is 0.348. The van der Waals surface area contributed by atoms with Crippen molar-refractivity contribution < 1.29 is 24.2 Å². The van der Waals surface area contributed by atoms with Crippen LogP contribution in [0.4, 0.5) is 4.79 Å². The molecule has 3 rings (SSSR count). The molecule has 0 fully saturated rings. The fourth-order valence-electron chi connectivity index (χ4n) is 3.90. The second-order valence-electron chi connectivity index (χ2n) is 7.32. The molecule has 1 aliphatic rings. The fourth-order valence-corrected chi connectivity index (χ4v) is 3.90. The molecule has 0 saturated carbocycles. The molecule has 0 atom stereocenters. The Morgan fingerprint density at radius 2 is 1.50 bits per heavy atom. The molecule has 0 unspecified atom stereocenters. The Morgan fingerprint density at radius 3 is 2.00 bits per heavy atom. The van der Waals surface area contributed by atoms with Crippen LogP contribution in [-0.4, -0.2) is 41.8 Å². The van der Waals surface area contributed by atoms with E-state index in [4.69, 9.17) is 4.74 Å². The van der Waals surface area contributed by atoms with E-state index in [0.29, 0.717) is 0 Å².